The van der Waals surface area contributed by atoms with E-state index in [2.05, 4.69) is 32.9 Å². The van der Waals surface area contributed by atoms with Gasteiger partial charge in [0.1, 0.15) is 5.75 Å². The lowest BCUT2D eigenvalue weighted by Gasteiger charge is -2.15. The molecule has 2 N–H and O–H groups in total. The molecule has 0 heterocycles. The van der Waals surface area contributed by atoms with Gasteiger partial charge in [0.05, 0.1) is 6.61 Å². The number of rotatable bonds is 7. The predicted molar refractivity (Wildman–Crippen MR) is 78.3 cm³/mol. The van der Waals surface area contributed by atoms with Crippen molar-refractivity contribution in [2.24, 2.45) is 5.73 Å². The monoisotopic (exact) mass is 249 g/mol. The Hall–Kier alpha value is -1.02. The molecular formula is C16H27NO. The van der Waals surface area contributed by atoms with Gasteiger partial charge in [-0.3, -0.25) is 0 Å². The summed E-state index contributed by atoms with van der Waals surface area (Å²) in [6.07, 6.45) is 4.53. The number of benzene rings is 1. The van der Waals surface area contributed by atoms with Gasteiger partial charge in [-0.05, 0) is 50.3 Å². The number of aryl methyl sites for hydroxylation is 2. The van der Waals surface area contributed by atoms with Gasteiger partial charge in [0, 0.05) is 6.04 Å². The second-order valence-corrected chi connectivity index (χ2v) is 5.30. The van der Waals surface area contributed by atoms with Crippen molar-refractivity contribution in [2.45, 2.75) is 59.4 Å². The quantitative estimate of drug-likeness (QED) is 0.747. The van der Waals surface area contributed by atoms with Crippen LogP contribution in [0, 0.1) is 13.8 Å². The molecule has 1 aromatic rings. The fourth-order valence-corrected chi connectivity index (χ4v) is 2.28. The second kappa shape index (κ2) is 7.42. The first kappa shape index (κ1) is 15.0. The first-order valence-corrected chi connectivity index (χ1v) is 7.03. The summed E-state index contributed by atoms with van der Waals surface area (Å²) in [5.74, 6) is 1.06. The molecule has 18 heavy (non-hydrogen) atoms. The van der Waals surface area contributed by atoms with E-state index in [1.165, 1.54) is 29.5 Å². The maximum absolute atomic E-state index is 5.90. The first-order chi connectivity index (χ1) is 8.54. The van der Waals surface area contributed by atoms with Gasteiger partial charge in [0.25, 0.3) is 0 Å². The van der Waals surface area contributed by atoms with E-state index in [1.807, 2.05) is 6.92 Å². The highest BCUT2D eigenvalue weighted by molar-refractivity contribution is 5.43. The zero-order valence-corrected chi connectivity index (χ0v) is 12.3. The van der Waals surface area contributed by atoms with Crippen molar-refractivity contribution < 1.29 is 4.74 Å². The van der Waals surface area contributed by atoms with Crippen LogP contribution < -0.4 is 10.5 Å². The molecule has 1 rings (SSSR count). The van der Waals surface area contributed by atoms with Crippen molar-refractivity contribution in [1.82, 2.24) is 0 Å². The molecule has 0 spiro atoms. The van der Waals surface area contributed by atoms with Gasteiger partial charge in [-0.25, -0.2) is 0 Å². The Morgan fingerprint density at radius 3 is 2.28 bits per heavy atom. The third-order valence-corrected chi connectivity index (χ3v) is 3.07. The Bertz CT molecular complexity index is 348. The van der Waals surface area contributed by atoms with Gasteiger partial charge >= 0.3 is 0 Å². The Kier molecular flexibility index (Phi) is 6.20. The summed E-state index contributed by atoms with van der Waals surface area (Å²) in [5, 5.41) is 0. The molecule has 2 nitrogen and oxygen atoms in total. The lowest BCUT2D eigenvalue weighted by Crippen LogP contribution is -2.18. The average Bonchev–Trinajstić information content (AvgIpc) is 2.26. The number of hydrogen-bond donors (Lipinski definition) is 1. The lowest BCUT2D eigenvalue weighted by molar-refractivity contribution is 0.302. The summed E-state index contributed by atoms with van der Waals surface area (Å²) in [6, 6.07) is 4.61. The van der Waals surface area contributed by atoms with E-state index in [4.69, 9.17) is 10.5 Å². The number of nitrogens with two attached hydrogens (primary N) is 1. The third kappa shape index (κ3) is 4.69. The van der Waals surface area contributed by atoms with Crippen molar-refractivity contribution in [3.8, 4) is 5.75 Å². The van der Waals surface area contributed by atoms with Gasteiger partial charge in [-0.15, -0.1) is 0 Å². The number of ether oxygens (including phenoxy) is 1. The van der Waals surface area contributed by atoms with Crippen LogP contribution in [0.3, 0.4) is 0 Å². The van der Waals surface area contributed by atoms with E-state index in [1.54, 1.807) is 0 Å². The molecular weight excluding hydrogens is 222 g/mol. The summed E-state index contributed by atoms with van der Waals surface area (Å²) in [4.78, 5) is 0. The SMILES string of the molecule is CCCCCOc1c(C)cc(CC(C)N)cc1C. The van der Waals surface area contributed by atoms with E-state index in [0.717, 1.165) is 25.2 Å². The Morgan fingerprint density at radius 2 is 1.78 bits per heavy atom. The topological polar surface area (TPSA) is 35.2 Å². The minimum absolute atomic E-state index is 0.208. The highest BCUT2D eigenvalue weighted by Gasteiger charge is 2.07. The van der Waals surface area contributed by atoms with Crippen molar-refractivity contribution in [3.63, 3.8) is 0 Å². The van der Waals surface area contributed by atoms with Gasteiger partial charge in [-0.2, -0.15) is 0 Å². The largest absolute Gasteiger partial charge is 0.493 e. The summed E-state index contributed by atoms with van der Waals surface area (Å²) in [6.45, 7) is 9.31. The Morgan fingerprint density at radius 1 is 1.17 bits per heavy atom. The molecule has 0 aliphatic rings. The summed E-state index contributed by atoms with van der Waals surface area (Å²) < 4.78 is 5.90. The molecule has 0 radical (unpaired) electrons. The molecule has 1 unspecified atom stereocenters. The first-order valence-electron chi connectivity index (χ1n) is 7.03. The van der Waals surface area contributed by atoms with E-state index in [-0.39, 0.29) is 6.04 Å². The Labute approximate surface area is 112 Å². The normalized spacial score (nSPS) is 12.5. The van der Waals surface area contributed by atoms with Crippen LogP contribution in [0.5, 0.6) is 5.75 Å². The molecule has 0 aliphatic carbocycles. The van der Waals surface area contributed by atoms with Gasteiger partial charge in [0.15, 0.2) is 0 Å². The van der Waals surface area contributed by atoms with Crippen LogP contribution in [-0.2, 0) is 6.42 Å². The van der Waals surface area contributed by atoms with Crippen LogP contribution >= 0.6 is 0 Å². The molecule has 0 amide bonds. The minimum atomic E-state index is 0.208. The van der Waals surface area contributed by atoms with E-state index >= 15 is 0 Å². The van der Waals surface area contributed by atoms with Crippen molar-refractivity contribution in [1.29, 1.82) is 0 Å². The standard InChI is InChI=1S/C16H27NO/c1-5-6-7-8-18-16-12(2)9-15(10-13(16)3)11-14(4)17/h9-10,14H,5-8,11,17H2,1-4H3. The molecule has 2 heteroatoms. The van der Waals surface area contributed by atoms with E-state index in [9.17, 15) is 0 Å². The number of unbranched alkanes of at least 4 members (excludes halogenated alkanes) is 2. The molecule has 1 atom stereocenters. The molecule has 1 aromatic carbocycles. The van der Waals surface area contributed by atoms with Crippen LogP contribution in [0.4, 0.5) is 0 Å². The fraction of sp³-hybridized carbons (Fsp3) is 0.625. The van der Waals surface area contributed by atoms with Crippen LogP contribution in [0.1, 0.15) is 49.8 Å². The average molecular weight is 249 g/mol. The predicted octanol–water partition coefficient (Wildman–Crippen LogP) is 3.76. The molecule has 0 aliphatic heterocycles. The second-order valence-electron chi connectivity index (χ2n) is 5.30. The zero-order chi connectivity index (χ0) is 13.5. The summed E-state index contributed by atoms with van der Waals surface area (Å²) >= 11 is 0. The van der Waals surface area contributed by atoms with Gasteiger partial charge in [-0.1, -0.05) is 31.9 Å². The van der Waals surface area contributed by atoms with Gasteiger partial charge in [0.2, 0.25) is 0 Å². The highest BCUT2D eigenvalue weighted by Crippen LogP contribution is 2.25. The minimum Gasteiger partial charge on any atom is -0.493 e. The van der Waals surface area contributed by atoms with Crippen LogP contribution in [0.25, 0.3) is 0 Å². The molecule has 0 bridgehead atoms. The number of hydrogen-bond acceptors (Lipinski definition) is 2. The summed E-state index contributed by atoms with van der Waals surface area (Å²) in [7, 11) is 0. The summed E-state index contributed by atoms with van der Waals surface area (Å²) in [5.41, 5.74) is 9.60. The van der Waals surface area contributed by atoms with Crippen molar-refractivity contribution in [3.05, 3.63) is 28.8 Å². The molecule has 0 fully saturated rings. The molecule has 0 saturated heterocycles. The van der Waals surface area contributed by atoms with Gasteiger partial charge < -0.3 is 10.5 Å². The van der Waals surface area contributed by atoms with E-state index < -0.39 is 0 Å². The smallest absolute Gasteiger partial charge is 0.125 e. The van der Waals surface area contributed by atoms with Crippen molar-refractivity contribution >= 4 is 0 Å². The van der Waals surface area contributed by atoms with Crippen LogP contribution in [0.2, 0.25) is 0 Å². The molecule has 0 aromatic heterocycles. The highest BCUT2D eigenvalue weighted by atomic mass is 16.5. The van der Waals surface area contributed by atoms with E-state index in [0.29, 0.717) is 0 Å². The molecule has 0 saturated carbocycles. The lowest BCUT2D eigenvalue weighted by atomic mass is 10.0. The van der Waals surface area contributed by atoms with Crippen LogP contribution in [-0.4, -0.2) is 12.6 Å². The maximum Gasteiger partial charge on any atom is 0.125 e. The zero-order valence-electron chi connectivity index (χ0n) is 12.3. The fourth-order valence-electron chi connectivity index (χ4n) is 2.28. The third-order valence-electron chi connectivity index (χ3n) is 3.07. The van der Waals surface area contributed by atoms with Crippen LogP contribution in [0.15, 0.2) is 12.1 Å². The Balaban J connectivity index is 2.68. The molecule has 102 valence electrons. The maximum atomic E-state index is 5.90. The van der Waals surface area contributed by atoms with Crippen molar-refractivity contribution in [2.75, 3.05) is 6.61 Å².